The van der Waals surface area contributed by atoms with E-state index in [1.807, 2.05) is 0 Å². The molecule has 0 aliphatic heterocycles. The molecule has 1 amide bonds. The van der Waals surface area contributed by atoms with Gasteiger partial charge in [-0.15, -0.1) is 0 Å². The largest absolute Gasteiger partial charge is 0.405 e. The van der Waals surface area contributed by atoms with Gasteiger partial charge in [-0.25, -0.2) is 13.1 Å². The van der Waals surface area contributed by atoms with Gasteiger partial charge in [-0.05, 0) is 24.3 Å². The van der Waals surface area contributed by atoms with Crippen LogP contribution in [0.25, 0.3) is 0 Å². The summed E-state index contributed by atoms with van der Waals surface area (Å²) < 4.78 is 66.6. The van der Waals surface area contributed by atoms with Crippen molar-refractivity contribution in [2.24, 2.45) is 0 Å². The fraction of sp³-hybridized carbons (Fsp3) is 0.417. The molecule has 0 aliphatic rings. The van der Waals surface area contributed by atoms with Crippen LogP contribution in [0.4, 0.5) is 13.2 Å². The van der Waals surface area contributed by atoms with Gasteiger partial charge in [0.15, 0.2) is 0 Å². The smallest absolute Gasteiger partial charge is 0.383 e. The van der Waals surface area contributed by atoms with Crippen molar-refractivity contribution in [3.05, 3.63) is 29.8 Å². The van der Waals surface area contributed by atoms with Gasteiger partial charge in [-0.3, -0.25) is 4.79 Å². The van der Waals surface area contributed by atoms with Crippen LogP contribution in [0.3, 0.4) is 0 Å². The summed E-state index contributed by atoms with van der Waals surface area (Å²) in [6, 6.07) is 4.54. The van der Waals surface area contributed by atoms with E-state index in [9.17, 15) is 26.4 Å². The van der Waals surface area contributed by atoms with Crippen molar-refractivity contribution >= 4 is 15.9 Å². The van der Waals surface area contributed by atoms with Gasteiger partial charge in [0.05, 0.1) is 11.5 Å². The normalized spacial score (nSPS) is 12.2. The van der Waals surface area contributed by atoms with E-state index < -0.39 is 28.7 Å². The van der Waals surface area contributed by atoms with Gasteiger partial charge in [-0.1, -0.05) is 0 Å². The minimum absolute atomic E-state index is 0.0694. The van der Waals surface area contributed by atoms with Crippen LogP contribution in [0.2, 0.25) is 0 Å². The molecule has 2 N–H and O–H groups in total. The highest BCUT2D eigenvalue weighted by atomic mass is 32.2. The number of rotatable bonds is 7. The van der Waals surface area contributed by atoms with Crippen molar-refractivity contribution in [2.45, 2.75) is 11.1 Å². The molecule has 0 aromatic heterocycles. The third kappa shape index (κ3) is 6.00. The highest BCUT2D eigenvalue weighted by Gasteiger charge is 2.28. The Bertz CT molecular complexity index is 600. The molecule has 22 heavy (non-hydrogen) atoms. The van der Waals surface area contributed by atoms with Crippen molar-refractivity contribution in [3.8, 4) is 0 Å². The molecule has 6 nitrogen and oxygen atoms in total. The number of benzene rings is 1. The van der Waals surface area contributed by atoms with Gasteiger partial charge < -0.3 is 10.1 Å². The van der Waals surface area contributed by atoms with Gasteiger partial charge in [0, 0.05) is 19.2 Å². The summed E-state index contributed by atoms with van der Waals surface area (Å²) in [7, 11) is -2.33. The third-order valence-corrected chi connectivity index (χ3v) is 3.95. The Hall–Kier alpha value is -1.65. The number of hydrogen-bond donors (Lipinski definition) is 2. The summed E-state index contributed by atoms with van der Waals surface area (Å²) in [5.74, 6) is -0.936. The molecule has 0 heterocycles. The van der Waals surface area contributed by atoms with Gasteiger partial charge >= 0.3 is 6.18 Å². The molecule has 10 heteroatoms. The summed E-state index contributed by atoms with van der Waals surface area (Å²) in [5.41, 5.74) is -0.0694. The second kappa shape index (κ2) is 7.56. The van der Waals surface area contributed by atoms with Gasteiger partial charge in [0.25, 0.3) is 5.91 Å². The van der Waals surface area contributed by atoms with Crippen LogP contribution in [0.1, 0.15) is 10.4 Å². The molecule has 0 saturated heterocycles. The molecule has 0 fully saturated rings. The monoisotopic (exact) mass is 340 g/mol. The Morgan fingerprint density at radius 1 is 1.23 bits per heavy atom. The van der Waals surface area contributed by atoms with Crippen LogP contribution in [-0.2, 0) is 14.8 Å². The van der Waals surface area contributed by atoms with Gasteiger partial charge in [0.2, 0.25) is 10.0 Å². The van der Waals surface area contributed by atoms with E-state index in [1.54, 1.807) is 5.32 Å². The summed E-state index contributed by atoms with van der Waals surface area (Å²) in [6.45, 7) is -1.19. The maximum Gasteiger partial charge on any atom is 0.405 e. The standard InChI is InChI=1S/C12H15F3N2O4S/c1-21-7-6-17-22(19,20)10-4-2-9(3-5-10)11(18)16-8-12(13,14)15/h2-5,17H,6-8H2,1H3,(H,16,18). The zero-order chi connectivity index (χ0) is 16.8. The van der Waals surface area contributed by atoms with Crippen LogP contribution in [0.5, 0.6) is 0 Å². The van der Waals surface area contributed by atoms with Crippen LogP contribution in [0.15, 0.2) is 29.2 Å². The second-order valence-corrected chi connectivity index (χ2v) is 5.98. The van der Waals surface area contributed by atoms with Crippen molar-refractivity contribution in [1.29, 1.82) is 0 Å². The van der Waals surface area contributed by atoms with E-state index in [1.165, 1.54) is 7.11 Å². The Labute approximate surface area is 125 Å². The van der Waals surface area contributed by atoms with Crippen LogP contribution < -0.4 is 10.0 Å². The first-order chi connectivity index (χ1) is 10.2. The molecule has 1 aromatic rings. The number of sulfonamides is 1. The second-order valence-electron chi connectivity index (χ2n) is 4.21. The van der Waals surface area contributed by atoms with E-state index in [0.29, 0.717) is 0 Å². The Morgan fingerprint density at radius 2 is 1.82 bits per heavy atom. The van der Waals surface area contributed by atoms with Gasteiger partial charge in [0.1, 0.15) is 6.54 Å². The van der Waals surface area contributed by atoms with Crippen molar-refractivity contribution < 1.29 is 31.1 Å². The first-order valence-corrected chi connectivity index (χ1v) is 7.57. The number of nitrogens with one attached hydrogen (secondary N) is 2. The zero-order valence-electron chi connectivity index (χ0n) is 11.6. The van der Waals surface area contributed by atoms with E-state index in [4.69, 9.17) is 4.74 Å². The lowest BCUT2D eigenvalue weighted by Gasteiger charge is -2.09. The number of carbonyl (C=O) groups excluding carboxylic acids is 1. The lowest BCUT2D eigenvalue weighted by molar-refractivity contribution is -0.123. The predicted molar refractivity (Wildman–Crippen MR) is 71.9 cm³/mol. The average Bonchev–Trinajstić information content (AvgIpc) is 2.44. The molecule has 0 saturated carbocycles. The molecule has 0 unspecified atom stereocenters. The van der Waals surface area contributed by atoms with Crippen LogP contribution >= 0.6 is 0 Å². The van der Waals surface area contributed by atoms with E-state index >= 15 is 0 Å². The molecular formula is C12H15F3N2O4S. The number of amides is 1. The number of carbonyl (C=O) groups is 1. The van der Waals surface area contributed by atoms with Crippen LogP contribution in [0, 0.1) is 0 Å². The topological polar surface area (TPSA) is 84.5 Å². The fourth-order valence-corrected chi connectivity index (χ4v) is 2.44. The fourth-order valence-electron chi connectivity index (χ4n) is 1.43. The number of halogens is 3. The summed E-state index contributed by atoms with van der Waals surface area (Å²) >= 11 is 0. The molecule has 0 radical (unpaired) electrons. The minimum atomic E-state index is -4.51. The Balaban J connectivity index is 2.72. The lowest BCUT2D eigenvalue weighted by Crippen LogP contribution is -2.33. The Kier molecular flexibility index (Phi) is 6.33. The molecule has 0 spiro atoms. The number of alkyl halides is 3. The molecule has 124 valence electrons. The van der Waals surface area contributed by atoms with E-state index in [-0.39, 0.29) is 23.6 Å². The third-order valence-electron chi connectivity index (χ3n) is 2.47. The van der Waals surface area contributed by atoms with Crippen molar-refractivity contribution in [1.82, 2.24) is 10.0 Å². The van der Waals surface area contributed by atoms with E-state index in [0.717, 1.165) is 24.3 Å². The quantitative estimate of drug-likeness (QED) is 0.723. The highest BCUT2D eigenvalue weighted by Crippen LogP contribution is 2.14. The first-order valence-electron chi connectivity index (χ1n) is 6.09. The average molecular weight is 340 g/mol. The molecule has 0 bridgehead atoms. The van der Waals surface area contributed by atoms with Crippen molar-refractivity contribution in [3.63, 3.8) is 0 Å². The van der Waals surface area contributed by atoms with Crippen molar-refractivity contribution in [2.75, 3.05) is 26.8 Å². The first kappa shape index (κ1) is 18.4. The van der Waals surface area contributed by atoms with Gasteiger partial charge in [-0.2, -0.15) is 13.2 Å². The number of hydrogen-bond acceptors (Lipinski definition) is 4. The maximum absolute atomic E-state index is 12.0. The molecule has 0 aliphatic carbocycles. The SMILES string of the molecule is COCCNS(=O)(=O)c1ccc(C(=O)NCC(F)(F)F)cc1. The predicted octanol–water partition coefficient (Wildman–Crippen LogP) is 0.903. The van der Waals surface area contributed by atoms with E-state index in [2.05, 4.69) is 4.72 Å². The number of methoxy groups -OCH3 is 1. The van der Waals surface area contributed by atoms with Crippen LogP contribution in [-0.4, -0.2) is 47.3 Å². The summed E-state index contributed by atoms with van der Waals surface area (Å²) in [4.78, 5) is 11.4. The summed E-state index contributed by atoms with van der Waals surface area (Å²) in [5, 5.41) is 1.69. The number of ether oxygens (including phenoxy) is 1. The Morgan fingerprint density at radius 3 is 2.32 bits per heavy atom. The molecule has 0 atom stereocenters. The lowest BCUT2D eigenvalue weighted by atomic mass is 10.2. The zero-order valence-corrected chi connectivity index (χ0v) is 12.4. The minimum Gasteiger partial charge on any atom is -0.383 e. The molecule has 1 aromatic carbocycles. The highest BCUT2D eigenvalue weighted by molar-refractivity contribution is 7.89. The maximum atomic E-state index is 12.0. The molecular weight excluding hydrogens is 325 g/mol. The summed E-state index contributed by atoms with van der Waals surface area (Å²) in [6.07, 6.45) is -4.51. The molecule has 1 rings (SSSR count).